The summed E-state index contributed by atoms with van der Waals surface area (Å²) >= 11 is -0.00695. The number of esters is 1. The number of aliphatic hydroxyl groups excluding tert-OH is 1. The summed E-state index contributed by atoms with van der Waals surface area (Å²) in [5.74, 6) is -0.608. The van der Waals surface area contributed by atoms with Crippen LogP contribution in [0, 0.1) is 0 Å². The predicted molar refractivity (Wildman–Crippen MR) is 89.2 cm³/mol. The molecule has 1 heterocycles. The Kier molecular flexibility index (Phi) is 5.06. The van der Waals surface area contributed by atoms with E-state index in [4.69, 9.17) is 9.57 Å². The molecule has 1 aliphatic carbocycles. The summed E-state index contributed by atoms with van der Waals surface area (Å²) in [7, 11) is 0. The molecule has 128 valence electrons. The van der Waals surface area contributed by atoms with E-state index >= 15 is 0 Å². The summed E-state index contributed by atoms with van der Waals surface area (Å²) in [5, 5.41) is 25.2. The van der Waals surface area contributed by atoms with E-state index < -0.39 is 23.8 Å². The van der Waals surface area contributed by atoms with Crippen LogP contribution in [0.15, 0.2) is 47.6 Å². The van der Waals surface area contributed by atoms with Gasteiger partial charge in [0.05, 0.1) is 0 Å². The molecule has 0 saturated carbocycles. The van der Waals surface area contributed by atoms with Crippen LogP contribution < -0.4 is 4.46 Å². The van der Waals surface area contributed by atoms with Crippen molar-refractivity contribution >= 4 is 31.1 Å². The number of benzene rings is 1. The maximum atomic E-state index is 11.8. The van der Waals surface area contributed by atoms with Gasteiger partial charge in [-0.2, -0.15) is 0 Å². The van der Waals surface area contributed by atoms with E-state index in [1.54, 1.807) is 13.0 Å². The Morgan fingerprint density at radius 2 is 2.21 bits per heavy atom. The van der Waals surface area contributed by atoms with Crippen molar-refractivity contribution in [1.29, 1.82) is 0 Å². The minimum absolute atomic E-state index is 0.00695. The van der Waals surface area contributed by atoms with Gasteiger partial charge in [-0.1, -0.05) is 0 Å². The number of hydrogen-bond acceptors (Lipinski definition) is 6. The number of hydrogen-bond donors (Lipinski definition) is 2. The van der Waals surface area contributed by atoms with E-state index in [1.165, 1.54) is 0 Å². The summed E-state index contributed by atoms with van der Waals surface area (Å²) in [5.41, 5.74) is -1.42. The topological polar surface area (TPSA) is 88.4 Å². The molecule has 3 rings (SSSR count). The van der Waals surface area contributed by atoms with E-state index in [0.29, 0.717) is 0 Å². The maximum absolute atomic E-state index is 11.8. The third-order valence-corrected chi connectivity index (χ3v) is 6.60. The average Bonchev–Trinajstić information content (AvgIpc) is 2.58. The number of carbonyl (C=O) groups is 1. The number of oxime groups is 1. The van der Waals surface area contributed by atoms with Crippen LogP contribution in [0.4, 0.5) is 0 Å². The second kappa shape index (κ2) is 7.07. The first-order valence-corrected chi connectivity index (χ1v) is 9.59. The molecule has 1 aromatic carbocycles. The molecule has 1 aromatic rings. The van der Waals surface area contributed by atoms with Crippen molar-refractivity contribution in [2.24, 2.45) is 5.16 Å². The zero-order chi connectivity index (χ0) is 17.2. The molecule has 1 aliphatic heterocycles. The summed E-state index contributed by atoms with van der Waals surface area (Å²) in [4.78, 5) is 16.9. The fourth-order valence-electron chi connectivity index (χ4n) is 2.76. The quantitative estimate of drug-likeness (QED) is 0.431. The zero-order valence-corrected chi connectivity index (χ0v) is 14.9. The van der Waals surface area contributed by atoms with E-state index in [9.17, 15) is 15.0 Å². The van der Waals surface area contributed by atoms with Crippen LogP contribution >= 0.6 is 0 Å². The monoisotopic (exact) mass is 397 g/mol. The molecule has 6 nitrogen and oxygen atoms in total. The molecule has 7 heteroatoms. The molecule has 0 unspecified atom stereocenters. The molecule has 0 saturated heterocycles. The van der Waals surface area contributed by atoms with Crippen LogP contribution in [0.25, 0.3) is 0 Å². The molecule has 0 radical (unpaired) electrons. The summed E-state index contributed by atoms with van der Waals surface area (Å²) in [6.07, 6.45) is 1.61. The van der Waals surface area contributed by atoms with Crippen molar-refractivity contribution in [2.45, 2.75) is 36.0 Å². The first kappa shape index (κ1) is 17.2. The van der Waals surface area contributed by atoms with E-state index in [0.717, 1.165) is 4.46 Å². The average molecular weight is 396 g/mol. The number of rotatable bonds is 4. The van der Waals surface area contributed by atoms with Crippen molar-refractivity contribution in [2.75, 3.05) is 6.61 Å². The van der Waals surface area contributed by atoms with Gasteiger partial charge < -0.3 is 0 Å². The fourth-order valence-corrected chi connectivity index (χ4v) is 5.00. The van der Waals surface area contributed by atoms with Gasteiger partial charge in [0.15, 0.2) is 0 Å². The number of ether oxygens (including phenoxy) is 1. The van der Waals surface area contributed by atoms with E-state index in [1.807, 2.05) is 36.4 Å². The first-order valence-electron chi connectivity index (χ1n) is 7.75. The standard InChI is InChI=1S/C17H19NO5Se/c1-2-22-16(20)12-10-17(21)9-8-13(14(19)15(17)23-18-12)24-11-6-4-3-5-7-11/h3-9,13-15,19,21H,2,10H2,1H3/t13-,14+,15-,17+/m0/s1. The van der Waals surface area contributed by atoms with Crippen LogP contribution in [-0.4, -0.2) is 61.3 Å². The summed E-state index contributed by atoms with van der Waals surface area (Å²) in [6, 6.07) is 9.89. The van der Waals surface area contributed by atoms with Gasteiger partial charge in [-0.05, 0) is 0 Å². The van der Waals surface area contributed by atoms with Gasteiger partial charge in [0.25, 0.3) is 0 Å². The second-order valence-electron chi connectivity index (χ2n) is 5.70. The number of fused-ring (bicyclic) bond motifs is 1. The van der Waals surface area contributed by atoms with E-state index in [-0.39, 0.29) is 38.5 Å². The molecule has 0 fully saturated rings. The van der Waals surface area contributed by atoms with Crippen LogP contribution in [0.2, 0.25) is 4.82 Å². The molecule has 24 heavy (non-hydrogen) atoms. The van der Waals surface area contributed by atoms with Crippen LogP contribution in [-0.2, 0) is 14.4 Å². The Hall–Kier alpha value is -1.66. The predicted octanol–water partition coefficient (Wildman–Crippen LogP) is 0.174. The minimum atomic E-state index is -1.45. The normalized spacial score (nSPS) is 31.6. The zero-order valence-electron chi connectivity index (χ0n) is 13.2. The van der Waals surface area contributed by atoms with Crippen LogP contribution in [0.3, 0.4) is 0 Å². The Morgan fingerprint density at radius 1 is 1.46 bits per heavy atom. The van der Waals surface area contributed by atoms with Gasteiger partial charge in [-0.3, -0.25) is 0 Å². The molecule has 2 aliphatic rings. The number of aliphatic hydroxyl groups is 2. The number of nitrogens with zero attached hydrogens (tertiary/aromatic N) is 1. The SMILES string of the molecule is CCOC(=O)C1=NO[C@H]2[C@H](O)[C@@H]([Se]c3ccccc3)C=C[C@@]2(O)C1. The molecule has 0 aromatic heterocycles. The van der Waals surface area contributed by atoms with Gasteiger partial charge in [0.1, 0.15) is 0 Å². The Morgan fingerprint density at radius 3 is 2.92 bits per heavy atom. The van der Waals surface area contributed by atoms with Gasteiger partial charge in [-0.15, -0.1) is 0 Å². The molecule has 2 N–H and O–H groups in total. The summed E-state index contributed by atoms with van der Waals surface area (Å²) < 4.78 is 6.04. The fraction of sp³-hybridized carbons (Fsp3) is 0.412. The van der Waals surface area contributed by atoms with Crippen LogP contribution in [0.1, 0.15) is 13.3 Å². The van der Waals surface area contributed by atoms with Crippen molar-refractivity contribution in [3.63, 3.8) is 0 Å². The third kappa shape index (κ3) is 3.39. The van der Waals surface area contributed by atoms with Gasteiger partial charge in [0.2, 0.25) is 0 Å². The summed E-state index contributed by atoms with van der Waals surface area (Å²) in [6.45, 7) is 1.92. The molecule has 4 atom stereocenters. The molecule has 0 amide bonds. The third-order valence-electron chi connectivity index (χ3n) is 3.97. The van der Waals surface area contributed by atoms with Gasteiger partial charge in [-0.25, -0.2) is 0 Å². The molecule has 0 spiro atoms. The van der Waals surface area contributed by atoms with Crippen molar-refractivity contribution < 1.29 is 24.6 Å². The molecule has 0 bridgehead atoms. The Bertz CT molecular complexity index is 662. The van der Waals surface area contributed by atoms with E-state index in [2.05, 4.69) is 5.16 Å². The van der Waals surface area contributed by atoms with Crippen LogP contribution in [0.5, 0.6) is 0 Å². The van der Waals surface area contributed by atoms with Gasteiger partial charge >= 0.3 is 146 Å². The van der Waals surface area contributed by atoms with Crippen molar-refractivity contribution in [1.82, 2.24) is 0 Å². The van der Waals surface area contributed by atoms with Crippen molar-refractivity contribution in [3.05, 3.63) is 42.5 Å². The second-order valence-corrected chi connectivity index (χ2v) is 8.32. The number of carbonyl (C=O) groups excluding carboxylic acids is 1. The first-order chi connectivity index (χ1) is 11.5. The molecular weight excluding hydrogens is 377 g/mol. The molecular formula is C17H19NO5Se. The Balaban J connectivity index is 1.76. The van der Waals surface area contributed by atoms with Crippen molar-refractivity contribution in [3.8, 4) is 0 Å². The van der Waals surface area contributed by atoms with Gasteiger partial charge in [0, 0.05) is 0 Å². The Labute approximate surface area is 146 Å².